The van der Waals surface area contributed by atoms with Gasteiger partial charge in [0.2, 0.25) is 0 Å². The van der Waals surface area contributed by atoms with Crippen LogP contribution >= 0.6 is 0 Å². The van der Waals surface area contributed by atoms with Crippen molar-refractivity contribution < 1.29 is 9.50 Å². The number of halogens is 1. The Balaban J connectivity index is 2.33. The van der Waals surface area contributed by atoms with E-state index in [1.807, 2.05) is 6.92 Å². The van der Waals surface area contributed by atoms with Crippen molar-refractivity contribution >= 4 is 10.9 Å². The predicted molar refractivity (Wildman–Crippen MR) is 88.0 cm³/mol. The first-order chi connectivity index (χ1) is 11.1. The van der Waals surface area contributed by atoms with Gasteiger partial charge in [-0.2, -0.15) is 0 Å². The fraction of sp³-hybridized carbons (Fsp3) is 0.222. The molecule has 0 amide bonds. The fourth-order valence-electron chi connectivity index (χ4n) is 2.59. The molecule has 1 N–H and O–H groups in total. The minimum Gasteiger partial charge on any atom is -0.507 e. The molecule has 3 rings (SSSR count). The van der Waals surface area contributed by atoms with Crippen LogP contribution in [0.2, 0.25) is 0 Å². The van der Waals surface area contributed by atoms with Crippen LogP contribution in [0, 0.1) is 5.82 Å². The number of fused-ring (bicyclic) bond motifs is 1. The lowest BCUT2D eigenvalue weighted by Gasteiger charge is -2.14. The van der Waals surface area contributed by atoms with E-state index in [9.17, 15) is 14.3 Å². The number of phenolic OH excluding ortho intramolecular Hbond substituents is 1. The molecule has 118 valence electrons. The third-order valence-corrected chi connectivity index (χ3v) is 3.80. The number of hydrogen-bond acceptors (Lipinski definition) is 3. The number of para-hydroxylation sites is 1. The van der Waals surface area contributed by atoms with Crippen LogP contribution in [0.4, 0.5) is 4.39 Å². The fourth-order valence-corrected chi connectivity index (χ4v) is 2.59. The number of unbranched alkanes of at least 4 members (excludes halogenated alkanes) is 1. The molecule has 0 spiro atoms. The van der Waals surface area contributed by atoms with Crippen LogP contribution in [0.5, 0.6) is 5.75 Å². The van der Waals surface area contributed by atoms with Crippen LogP contribution in [0.3, 0.4) is 0 Å². The number of aromatic nitrogens is 2. The van der Waals surface area contributed by atoms with Gasteiger partial charge in [0.25, 0.3) is 5.56 Å². The largest absolute Gasteiger partial charge is 0.507 e. The maximum absolute atomic E-state index is 13.5. The monoisotopic (exact) mass is 312 g/mol. The van der Waals surface area contributed by atoms with Gasteiger partial charge in [-0.1, -0.05) is 25.5 Å². The van der Waals surface area contributed by atoms with Gasteiger partial charge < -0.3 is 5.11 Å². The molecule has 0 saturated carbocycles. The maximum Gasteiger partial charge on any atom is 0.261 e. The molecule has 0 aliphatic rings. The number of aromatic hydroxyl groups is 1. The van der Waals surface area contributed by atoms with Gasteiger partial charge in [0.05, 0.1) is 16.5 Å². The van der Waals surface area contributed by atoms with Crippen LogP contribution < -0.4 is 5.56 Å². The molecule has 0 saturated heterocycles. The van der Waals surface area contributed by atoms with Gasteiger partial charge in [-0.05, 0) is 36.8 Å². The summed E-state index contributed by atoms with van der Waals surface area (Å²) in [6.07, 6.45) is 1.71. The Kier molecular flexibility index (Phi) is 4.10. The molecule has 23 heavy (non-hydrogen) atoms. The van der Waals surface area contributed by atoms with Crippen molar-refractivity contribution in [3.05, 3.63) is 58.6 Å². The number of benzene rings is 2. The van der Waals surface area contributed by atoms with Gasteiger partial charge in [-0.25, -0.2) is 9.37 Å². The number of hydrogen-bond donors (Lipinski definition) is 1. The van der Waals surface area contributed by atoms with E-state index in [-0.39, 0.29) is 16.7 Å². The molecule has 4 nitrogen and oxygen atoms in total. The number of nitrogens with zero attached hydrogens (tertiary/aromatic N) is 2. The van der Waals surface area contributed by atoms with Crippen molar-refractivity contribution in [2.24, 2.45) is 0 Å². The first-order valence-corrected chi connectivity index (χ1v) is 7.60. The summed E-state index contributed by atoms with van der Waals surface area (Å²) in [7, 11) is 0. The lowest BCUT2D eigenvalue weighted by Crippen LogP contribution is -2.23. The molecule has 1 heterocycles. The van der Waals surface area contributed by atoms with E-state index in [2.05, 4.69) is 4.98 Å². The Bertz CT molecular complexity index is 919. The van der Waals surface area contributed by atoms with Crippen LogP contribution in [-0.2, 0) is 6.54 Å². The summed E-state index contributed by atoms with van der Waals surface area (Å²) in [5, 5.41) is 10.4. The Morgan fingerprint density at radius 1 is 1.22 bits per heavy atom. The zero-order chi connectivity index (χ0) is 16.4. The highest BCUT2D eigenvalue weighted by Gasteiger charge is 2.15. The Hall–Kier alpha value is -2.69. The SMILES string of the molecule is CCCCn1c(-c2ccccc2O)nc2ccc(F)cc2c1=O. The standard InChI is InChI=1S/C18H17FN2O2/c1-2-3-10-21-17(13-6-4-5-7-16(13)22)20-15-9-8-12(19)11-14(15)18(21)23/h4-9,11,22H,2-3,10H2,1H3. The molecule has 2 aromatic carbocycles. The van der Waals surface area contributed by atoms with Gasteiger partial charge in [0.1, 0.15) is 17.4 Å². The summed E-state index contributed by atoms with van der Waals surface area (Å²) >= 11 is 0. The minimum atomic E-state index is -0.464. The second-order valence-corrected chi connectivity index (χ2v) is 5.42. The molecule has 0 bridgehead atoms. The zero-order valence-electron chi connectivity index (χ0n) is 12.8. The lowest BCUT2D eigenvalue weighted by atomic mass is 10.1. The molecule has 5 heteroatoms. The van der Waals surface area contributed by atoms with E-state index in [1.165, 1.54) is 22.8 Å². The summed E-state index contributed by atoms with van der Waals surface area (Å²) in [4.78, 5) is 17.3. The van der Waals surface area contributed by atoms with Crippen molar-refractivity contribution in [1.82, 2.24) is 9.55 Å². The molecule has 0 radical (unpaired) electrons. The van der Waals surface area contributed by atoms with Crippen LogP contribution in [0.25, 0.3) is 22.3 Å². The van der Waals surface area contributed by atoms with Crippen LogP contribution in [0.15, 0.2) is 47.3 Å². The summed E-state index contributed by atoms with van der Waals surface area (Å²) in [6, 6.07) is 10.7. The molecule has 1 aromatic heterocycles. The highest BCUT2D eigenvalue weighted by Crippen LogP contribution is 2.27. The van der Waals surface area contributed by atoms with Crippen molar-refractivity contribution in [3.8, 4) is 17.1 Å². The predicted octanol–water partition coefficient (Wildman–Crippen LogP) is 3.71. The molecule has 0 unspecified atom stereocenters. The van der Waals surface area contributed by atoms with Gasteiger partial charge in [0, 0.05) is 6.54 Å². The van der Waals surface area contributed by atoms with E-state index >= 15 is 0 Å². The quantitative estimate of drug-likeness (QED) is 0.799. The third-order valence-electron chi connectivity index (χ3n) is 3.80. The van der Waals surface area contributed by atoms with Gasteiger partial charge in [-0.15, -0.1) is 0 Å². The van der Waals surface area contributed by atoms with Gasteiger partial charge in [0.15, 0.2) is 0 Å². The number of phenols is 1. The lowest BCUT2D eigenvalue weighted by molar-refractivity contribution is 0.476. The Morgan fingerprint density at radius 3 is 2.74 bits per heavy atom. The summed E-state index contributed by atoms with van der Waals surface area (Å²) in [5.74, 6) is 0.000480. The molecule has 3 aromatic rings. The smallest absolute Gasteiger partial charge is 0.261 e. The van der Waals surface area contributed by atoms with Crippen LogP contribution in [0.1, 0.15) is 19.8 Å². The number of rotatable bonds is 4. The van der Waals surface area contributed by atoms with Gasteiger partial charge >= 0.3 is 0 Å². The molecule has 0 aliphatic heterocycles. The van der Waals surface area contributed by atoms with Crippen molar-refractivity contribution in [2.45, 2.75) is 26.3 Å². The summed E-state index contributed by atoms with van der Waals surface area (Å²) in [5.41, 5.74) is 0.621. The van der Waals surface area contributed by atoms with E-state index in [0.717, 1.165) is 12.8 Å². The van der Waals surface area contributed by atoms with Crippen LogP contribution in [-0.4, -0.2) is 14.7 Å². The van der Waals surface area contributed by atoms with E-state index in [0.29, 0.717) is 23.4 Å². The van der Waals surface area contributed by atoms with E-state index < -0.39 is 5.82 Å². The average Bonchev–Trinajstić information content (AvgIpc) is 2.55. The maximum atomic E-state index is 13.5. The molecular weight excluding hydrogens is 295 g/mol. The Morgan fingerprint density at radius 2 is 2.00 bits per heavy atom. The molecule has 0 aliphatic carbocycles. The average molecular weight is 312 g/mol. The second-order valence-electron chi connectivity index (χ2n) is 5.42. The van der Waals surface area contributed by atoms with Crippen molar-refractivity contribution in [2.75, 3.05) is 0 Å². The highest BCUT2D eigenvalue weighted by molar-refractivity contribution is 5.80. The highest BCUT2D eigenvalue weighted by atomic mass is 19.1. The third kappa shape index (κ3) is 2.82. The zero-order valence-corrected chi connectivity index (χ0v) is 12.8. The normalized spacial score (nSPS) is 11.0. The topological polar surface area (TPSA) is 55.1 Å². The summed E-state index contributed by atoms with van der Waals surface area (Å²) < 4.78 is 15.0. The van der Waals surface area contributed by atoms with Crippen molar-refractivity contribution in [3.63, 3.8) is 0 Å². The van der Waals surface area contributed by atoms with E-state index in [4.69, 9.17) is 0 Å². The summed E-state index contributed by atoms with van der Waals surface area (Å²) in [6.45, 7) is 2.50. The molecular formula is C18H17FN2O2. The minimum absolute atomic E-state index is 0.0612. The van der Waals surface area contributed by atoms with Crippen molar-refractivity contribution in [1.29, 1.82) is 0 Å². The second kappa shape index (κ2) is 6.20. The first-order valence-electron chi connectivity index (χ1n) is 7.60. The first kappa shape index (κ1) is 15.2. The van der Waals surface area contributed by atoms with E-state index in [1.54, 1.807) is 24.3 Å². The van der Waals surface area contributed by atoms with Gasteiger partial charge in [-0.3, -0.25) is 9.36 Å². The molecule has 0 atom stereocenters. The Labute approximate surface area is 132 Å². The molecule has 0 fully saturated rings.